The van der Waals surface area contributed by atoms with Gasteiger partial charge >= 0.3 is 0 Å². The summed E-state index contributed by atoms with van der Waals surface area (Å²) in [7, 11) is 0. The van der Waals surface area contributed by atoms with Crippen molar-refractivity contribution in [2.24, 2.45) is 0 Å². The topological polar surface area (TPSA) is 12.5 Å². The first-order valence-electron chi connectivity index (χ1n) is 21.1. The fraction of sp³-hybridized carbons (Fsp3) is 0.103. The first kappa shape index (κ1) is 34.8. The molecule has 9 aromatic carbocycles. The highest BCUT2D eigenvalue weighted by atomic mass is 16.5. The van der Waals surface area contributed by atoms with Crippen molar-refractivity contribution >= 4 is 27.8 Å². The molecule has 286 valence electrons. The lowest BCUT2D eigenvalue weighted by atomic mass is 9.82. The summed E-state index contributed by atoms with van der Waals surface area (Å²) in [6.45, 7) is 9.45. The fourth-order valence-electron chi connectivity index (χ4n) is 10.6. The van der Waals surface area contributed by atoms with Crippen LogP contribution in [0.2, 0.25) is 0 Å². The van der Waals surface area contributed by atoms with Gasteiger partial charge in [0.2, 0.25) is 0 Å². The predicted octanol–water partition coefficient (Wildman–Crippen LogP) is 16.0. The smallest absolute Gasteiger partial charge is 0.159 e. The molecule has 0 spiro atoms. The number of fused-ring (bicyclic) bond motifs is 12. The molecule has 0 fully saturated rings. The van der Waals surface area contributed by atoms with E-state index < -0.39 is 0 Å². The van der Waals surface area contributed by atoms with E-state index in [4.69, 9.17) is 4.74 Å². The zero-order chi connectivity index (χ0) is 40.3. The van der Waals surface area contributed by atoms with E-state index in [1.165, 1.54) is 66.6 Å². The van der Waals surface area contributed by atoms with E-state index in [0.717, 1.165) is 50.6 Å². The van der Waals surface area contributed by atoms with Gasteiger partial charge in [-0.1, -0.05) is 173 Å². The Morgan fingerprint density at radius 3 is 1.52 bits per heavy atom. The third kappa shape index (κ3) is 4.94. The molecule has 3 aliphatic rings. The lowest BCUT2D eigenvalue weighted by Crippen LogP contribution is -2.18. The number of hydrogen-bond acceptors (Lipinski definition) is 2. The van der Waals surface area contributed by atoms with Crippen LogP contribution in [0.5, 0.6) is 11.5 Å². The van der Waals surface area contributed by atoms with Crippen molar-refractivity contribution in [2.75, 3.05) is 4.90 Å². The van der Waals surface area contributed by atoms with Gasteiger partial charge in [0.25, 0.3) is 0 Å². The van der Waals surface area contributed by atoms with Crippen LogP contribution in [0.4, 0.5) is 17.1 Å². The third-order valence-corrected chi connectivity index (χ3v) is 13.7. The Morgan fingerprint density at radius 2 is 0.867 bits per heavy atom. The molecule has 2 nitrogen and oxygen atoms in total. The van der Waals surface area contributed by atoms with Crippen molar-refractivity contribution in [3.05, 3.63) is 210 Å². The van der Waals surface area contributed by atoms with Crippen molar-refractivity contribution in [2.45, 2.75) is 38.5 Å². The Balaban J connectivity index is 1.14. The zero-order valence-electron chi connectivity index (χ0n) is 34.3. The van der Waals surface area contributed by atoms with Crippen molar-refractivity contribution in [1.29, 1.82) is 0 Å². The second-order valence-electron chi connectivity index (χ2n) is 17.7. The van der Waals surface area contributed by atoms with Crippen molar-refractivity contribution in [1.82, 2.24) is 0 Å². The van der Waals surface area contributed by atoms with Gasteiger partial charge in [0.15, 0.2) is 5.75 Å². The Morgan fingerprint density at radius 1 is 0.367 bits per heavy atom. The van der Waals surface area contributed by atoms with Crippen molar-refractivity contribution < 1.29 is 4.74 Å². The molecular weight excluding hydrogens is 727 g/mol. The molecular formula is C58H43NO. The van der Waals surface area contributed by atoms with E-state index in [1.54, 1.807) is 0 Å². The molecule has 2 aliphatic carbocycles. The zero-order valence-corrected chi connectivity index (χ0v) is 34.3. The van der Waals surface area contributed by atoms with Gasteiger partial charge in [-0.25, -0.2) is 0 Å². The van der Waals surface area contributed by atoms with Crippen LogP contribution in [0.3, 0.4) is 0 Å². The summed E-state index contributed by atoms with van der Waals surface area (Å²) in [5.74, 6) is 1.68. The number of hydrogen-bond donors (Lipinski definition) is 0. The summed E-state index contributed by atoms with van der Waals surface area (Å²) in [6.07, 6.45) is 0. The first-order valence-corrected chi connectivity index (χ1v) is 21.1. The molecule has 0 N–H and O–H groups in total. The van der Waals surface area contributed by atoms with E-state index in [9.17, 15) is 0 Å². The molecule has 9 aromatic rings. The standard InChI is InChI=1S/C58H43NO/c1-57(2)49-25-12-10-20-42(49)44-30-28-39(34-51(44)57)59(40-29-31-45-43-21-11-13-26-50(43)58(3,4)52(45)35-40)53-27-15-24-47-46-23-14-22-41(36-16-6-5-7-17-36)55(46)48-32-37-18-8-9-19-38(37)33-54(48)60-56(47)53/h5-35H,1-4H3. The van der Waals surface area contributed by atoms with Gasteiger partial charge in [0.1, 0.15) is 5.75 Å². The quantitative estimate of drug-likeness (QED) is 0.177. The SMILES string of the molecule is CC1(C)c2ccccc2-c2ccc(N(c3ccc4c(c3)C(C)(C)c3ccccc3-4)c3cccc4c3Oc3cc5ccccc5cc3-c3c(-c5ccccc5)cccc3-4)cc21. The van der Waals surface area contributed by atoms with Gasteiger partial charge in [-0.05, 0) is 114 Å². The monoisotopic (exact) mass is 769 g/mol. The highest BCUT2D eigenvalue weighted by Gasteiger charge is 2.38. The summed E-state index contributed by atoms with van der Waals surface area (Å²) in [5, 5.41) is 2.33. The Kier molecular flexibility index (Phi) is 7.36. The van der Waals surface area contributed by atoms with Crippen LogP contribution in [-0.4, -0.2) is 0 Å². The van der Waals surface area contributed by atoms with Crippen LogP contribution in [0.1, 0.15) is 49.9 Å². The molecule has 0 aromatic heterocycles. The predicted molar refractivity (Wildman–Crippen MR) is 250 cm³/mol. The molecule has 0 saturated heterocycles. The van der Waals surface area contributed by atoms with Gasteiger partial charge < -0.3 is 9.64 Å². The molecule has 2 heteroatoms. The van der Waals surface area contributed by atoms with Gasteiger partial charge in [-0.3, -0.25) is 0 Å². The lowest BCUT2D eigenvalue weighted by Gasteiger charge is -2.31. The molecule has 0 radical (unpaired) electrons. The van der Waals surface area contributed by atoms with Crippen LogP contribution in [0, 0.1) is 0 Å². The number of rotatable bonds is 4. The summed E-state index contributed by atoms with van der Waals surface area (Å²) < 4.78 is 7.47. The normalized spacial score (nSPS) is 14.4. The largest absolute Gasteiger partial charge is 0.454 e. The van der Waals surface area contributed by atoms with Gasteiger partial charge in [0.05, 0.1) is 5.69 Å². The Bertz CT molecular complexity index is 3140. The summed E-state index contributed by atoms with van der Waals surface area (Å²) in [4.78, 5) is 2.45. The maximum absolute atomic E-state index is 7.47. The first-order chi connectivity index (χ1) is 29.3. The third-order valence-electron chi connectivity index (χ3n) is 13.7. The van der Waals surface area contributed by atoms with Crippen LogP contribution in [0.15, 0.2) is 188 Å². The van der Waals surface area contributed by atoms with Crippen LogP contribution >= 0.6 is 0 Å². The van der Waals surface area contributed by atoms with E-state index >= 15 is 0 Å². The maximum atomic E-state index is 7.47. The van der Waals surface area contributed by atoms with Crippen LogP contribution in [-0.2, 0) is 10.8 Å². The molecule has 0 amide bonds. The van der Waals surface area contributed by atoms with E-state index in [2.05, 4.69) is 221 Å². The minimum absolute atomic E-state index is 0.161. The Labute approximate surface area is 352 Å². The average molecular weight is 770 g/mol. The van der Waals surface area contributed by atoms with Crippen LogP contribution in [0.25, 0.3) is 66.4 Å². The number of ether oxygens (including phenoxy) is 1. The molecule has 0 atom stereocenters. The van der Waals surface area contributed by atoms with Gasteiger partial charge in [-0.15, -0.1) is 0 Å². The summed E-state index contributed by atoms with van der Waals surface area (Å²) >= 11 is 0. The highest BCUT2D eigenvalue weighted by Crippen LogP contribution is 2.58. The molecule has 0 saturated carbocycles. The molecule has 1 heterocycles. The van der Waals surface area contributed by atoms with E-state index in [1.807, 2.05) is 0 Å². The number of anilines is 3. The Hall–Kier alpha value is -7.16. The fourth-order valence-corrected chi connectivity index (χ4v) is 10.6. The number of nitrogens with zero attached hydrogens (tertiary/aromatic N) is 1. The number of benzene rings is 9. The maximum Gasteiger partial charge on any atom is 0.159 e. The van der Waals surface area contributed by atoms with Crippen molar-refractivity contribution in [3.8, 4) is 67.1 Å². The lowest BCUT2D eigenvalue weighted by molar-refractivity contribution is 0.489. The minimum Gasteiger partial charge on any atom is -0.454 e. The molecule has 0 unspecified atom stereocenters. The molecule has 1 aliphatic heterocycles. The van der Waals surface area contributed by atoms with E-state index in [-0.39, 0.29) is 10.8 Å². The molecule has 12 rings (SSSR count). The summed E-state index contributed by atoms with van der Waals surface area (Å²) in [5.41, 5.74) is 20.4. The summed E-state index contributed by atoms with van der Waals surface area (Å²) in [6, 6.07) is 69.3. The average Bonchev–Trinajstić information content (AvgIpc) is 3.58. The van der Waals surface area contributed by atoms with Gasteiger partial charge in [0, 0.05) is 38.9 Å². The van der Waals surface area contributed by atoms with Crippen LogP contribution < -0.4 is 9.64 Å². The van der Waals surface area contributed by atoms with Gasteiger partial charge in [-0.2, -0.15) is 0 Å². The highest BCUT2D eigenvalue weighted by molar-refractivity contribution is 6.04. The minimum atomic E-state index is -0.161. The molecule has 60 heavy (non-hydrogen) atoms. The molecule has 0 bridgehead atoms. The second-order valence-corrected chi connectivity index (χ2v) is 17.7. The van der Waals surface area contributed by atoms with Crippen molar-refractivity contribution in [3.63, 3.8) is 0 Å². The van der Waals surface area contributed by atoms with E-state index in [0.29, 0.717) is 0 Å². The second kappa shape index (κ2) is 12.7. The number of para-hydroxylation sites is 1.